The summed E-state index contributed by atoms with van der Waals surface area (Å²) < 4.78 is 5.62. The molecule has 4 nitrogen and oxygen atoms in total. The lowest BCUT2D eigenvalue weighted by Gasteiger charge is -2.18. The molecule has 0 aromatic heterocycles. The largest absolute Gasteiger partial charge is 0.482 e. The predicted octanol–water partition coefficient (Wildman–Crippen LogP) is 4.43. The molecule has 0 radical (unpaired) electrons. The maximum absolute atomic E-state index is 6.36. The minimum atomic E-state index is 0.124. The van der Waals surface area contributed by atoms with Crippen molar-refractivity contribution in [2.75, 3.05) is 32.1 Å². The van der Waals surface area contributed by atoms with Gasteiger partial charge in [-0.15, -0.1) is 0 Å². The van der Waals surface area contributed by atoms with Gasteiger partial charge in [-0.1, -0.05) is 35.9 Å². The van der Waals surface area contributed by atoms with E-state index in [1.165, 1.54) is 19.4 Å². The van der Waals surface area contributed by atoms with Crippen LogP contribution in [0.15, 0.2) is 41.4 Å². The Hall–Kier alpha value is -1.78. The molecule has 0 aliphatic carbocycles. The lowest BCUT2D eigenvalue weighted by Crippen LogP contribution is -2.29. The fourth-order valence-corrected chi connectivity index (χ4v) is 3.53. The molecule has 1 aliphatic heterocycles. The van der Waals surface area contributed by atoms with Crippen LogP contribution in [-0.2, 0) is 4.74 Å². The molecule has 0 spiro atoms. The molecule has 1 fully saturated rings. The summed E-state index contributed by atoms with van der Waals surface area (Å²) >= 11 is 6.36. The van der Waals surface area contributed by atoms with Gasteiger partial charge in [-0.2, -0.15) is 0 Å². The van der Waals surface area contributed by atoms with Gasteiger partial charge < -0.3 is 15.0 Å². The summed E-state index contributed by atoms with van der Waals surface area (Å²) in [5, 5.41) is 6.42. The SMILES string of the molecule is CC(CNc1cccc2cccc(Cl)c12)/N=C/OC[C@@H]1CCCN1C. The third-order valence-electron chi connectivity index (χ3n) is 4.79. The van der Waals surface area contributed by atoms with E-state index in [0.29, 0.717) is 6.04 Å². The van der Waals surface area contributed by atoms with Gasteiger partial charge in [0.05, 0.1) is 11.1 Å². The first-order chi connectivity index (χ1) is 12.1. The number of nitrogens with one attached hydrogen (secondary N) is 1. The Labute approximate surface area is 154 Å². The lowest BCUT2D eigenvalue weighted by molar-refractivity contribution is 0.196. The topological polar surface area (TPSA) is 36.9 Å². The van der Waals surface area contributed by atoms with Crippen LogP contribution in [0, 0.1) is 0 Å². The van der Waals surface area contributed by atoms with Crippen LogP contribution >= 0.6 is 11.6 Å². The number of anilines is 1. The maximum atomic E-state index is 6.36. The number of benzene rings is 2. The average Bonchev–Trinajstić information content (AvgIpc) is 3.02. The van der Waals surface area contributed by atoms with Crippen molar-refractivity contribution in [1.82, 2.24) is 4.90 Å². The molecule has 3 rings (SSSR count). The van der Waals surface area contributed by atoms with Crippen LogP contribution in [0.2, 0.25) is 5.02 Å². The number of hydrogen-bond acceptors (Lipinski definition) is 4. The molecule has 1 saturated heterocycles. The zero-order chi connectivity index (χ0) is 17.6. The average molecular weight is 360 g/mol. The molecule has 1 unspecified atom stereocenters. The number of rotatable bonds is 7. The first-order valence-corrected chi connectivity index (χ1v) is 9.27. The molecule has 2 atom stereocenters. The van der Waals surface area contributed by atoms with Crippen molar-refractivity contribution in [3.63, 3.8) is 0 Å². The Bertz CT molecular complexity index is 729. The van der Waals surface area contributed by atoms with Crippen molar-refractivity contribution in [3.8, 4) is 0 Å². The Morgan fingerprint density at radius 1 is 1.36 bits per heavy atom. The predicted molar refractivity (Wildman–Crippen MR) is 107 cm³/mol. The normalized spacial score (nSPS) is 19.6. The quantitative estimate of drug-likeness (QED) is 0.586. The van der Waals surface area contributed by atoms with Gasteiger partial charge in [0.1, 0.15) is 6.61 Å². The summed E-state index contributed by atoms with van der Waals surface area (Å²) in [6, 6.07) is 12.8. The number of nitrogens with zero attached hydrogens (tertiary/aromatic N) is 2. The summed E-state index contributed by atoms with van der Waals surface area (Å²) in [7, 11) is 2.15. The minimum absolute atomic E-state index is 0.124. The van der Waals surface area contributed by atoms with E-state index < -0.39 is 0 Å². The number of aliphatic imine (C=N–C) groups is 1. The number of hydrogen-bond donors (Lipinski definition) is 1. The van der Waals surface area contributed by atoms with Crippen molar-refractivity contribution in [2.45, 2.75) is 31.8 Å². The number of fused-ring (bicyclic) bond motifs is 1. The molecule has 2 aromatic rings. The highest BCUT2D eigenvalue weighted by atomic mass is 35.5. The first-order valence-electron chi connectivity index (χ1n) is 8.90. The Balaban J connectivity index is 1.51. The third kappa shape index (κ3) is 4.65. The second-order valence-corrected chi connectivity index (χ2v) is 7.15. The number of likely N-dealkylation sites (N-methyl/N-ethyl adjacent to an activating group) is 1. The highest BCUT2D eigenvalue weighted by Gasteiger charge is 2.20. The summed E-state index contributed by atoms with van der Waals surface area (Å²) in [6.45, 7) is 4.69. The Kier molecular flexibility index (Phi) is 6.16. The fourth-order valence-electron chi connectivity index (χ4n) is 3.24. The second-order valence-electron chi connectivity index (χ2n) is 6.74. The highest BCUT2D eigenvalue weighted by molar-refractivity contribution is 6.36. The smallest absolute Gasteiger partial charge is 0.169 e. The zero-order valence-corrected chi connectivity index (χ0v) is 15.7. The van der Waals surface area contributed by atoms with Crippen molar-refractivity contribution in [2.24, 2.45) is 4.99 Å². The van der Waals surface area contributed by atoms with Gasteiger partial charge in [-0.3, -0.25) is 4.99 Å². The van der Waals surface area contributed by atoms with Crippen LogP contribution in [0.25, 0.3) is 10.8 Å². The Morgan fingerprint density at radius 3 is 2.92 bits per heavy atom. The van der Waals surface area contributed by atoms with Gasteiger partial charge in [0.2, 0.25) is 0 Å². The fraction of sp³-hybridized carbons (Fsp3) is 0.450. The molecule has 1 heterocycles. The molecule has 5 heteroatoms. The van der Waals surface area contributed by atoms with E-state index in [1.807, 2.05) is 18.2 Å². The van der Waals surface area contributed by atoms with Gasteiger partial charge >= 0.3 is 0 Å². The molecule has 134 valence electrons. The standard InChI is InChI=1S/C20H26ClN3O/c1-15(23-14-25-13-17-8-5-11-24(17)2)12-22-19-10-4-7-16-6-3-9-18(21)20(16)19/h3-4,6-7,9-10,14-15,17,22H,5,8,11-13H2,1-2H3/b23-14+/t15?,17-/m0/s1. The van der Waals surface area contributed by atoms with Crippen LogP contribution in [-0.4, -0.2) is 50.1 Å². The van der Waals surface area contributed by atoms with Crippen LogP contribution in [0.4, 0.5) is 5.69 Å². The number of ether oxygens (including phenoxy) is 1. The number of halogens is 1. The van der Waals surface area contributed by atoms with Gasteiger partial charge in [0.25, 0.3) is 0 Å². The summed E-state index contributed by atoms with van der Waals surface area (Å²) in [5.74, 6) is 0. The molecular weight excluding hydrogens is 334 g/mol. The third-order valence-corrected chi connectivity index (χ3v) is 5.11. The molecule has 25 heavy (non-hydrogen) atoms. The summed E-state index contributed by atoms with van der Waals surface area (Å²) in [6.07, 6.45) is 4.08. The van der Waals surface area contributed by atoms with Gasteiger partial charge in [0, 0.05) is 23.7 Å². The number of likely N-dealkylation sites (tertiary alicyclic amines) is 1. The molecule has 0 amide bonds. The molecule has 0 saturated carbocycles. The zero-order valence-electron chi connectivity index (χ0n) is 14.9. The molecule has 1 N–H and O–H groups in total. The summed E-state index contributed by atoms with van der Waals surface area (Å²) in [5.41, 5.74) is 1.04. The molecule has 2 aromatic carbocycles. The molecule has 0 bridgehead atoms. The first kappa shape index (κ1) is 18.0. The Morgan fingerprint density at radius 2 is 2.16 bits per heavy atom. The maximum Gasteiger partial charge on any atom is 0.169 e. The second kappa shape index (κ2) is 8.54. The van der Waals surface area contributed by atoms with E-state index >= 15 is 0 Å². The van der Waals surface area contributed by atoms with Gasteiger partial charge in [-0.25, -0.2) is 0 Å². The van der Waals surface area contributed by atoms with Gasteiger partial charge in [0.15, 0.2) is 6.40 Å². The van der Waals surface area contributed by atoms with Crippen LogP contribution in [0.5, 0.6) is 0 Å². The van der Waals surface area contributed by atoms with E-state index in [2.05, 4.69) is 47.4 Å². The van der Waals surface area contributed by atoms with Crippen molar-refractivity contribution in [1.29, 1.82) is 0 Å². The monoisotopic (exact) mass is 359 g/mol. The summed E-state index contributed by atoms with van der Waals surface area (Å²) in [4.78, 5) is 6.82. The van der Waals surface area contributed by atoms with E-state index in [-0.39, 0.29) is 6.04 Å². The van der Waals surface area contributed by atoms with Crippen molar-refractivity contribution < 1.29 is 4.74 Å². The van der Waals surface area contributed by atoms with Crippen LogP contribution in [0.3, 0.4) is 0 Å². The minimum Gasteiger partial charge on any atom is -0.482 e. The molecular formula is C20H26ClN3O. The highest BCUT2D eigenvalue weighted by Crippen LogP contribution is 2.30. The lowest BCUT2D eigenvalue weighted by atomic mass is 10.1. The van der Waals surface area contributed by atoms with Crippen LogP contribution in [0.1, 0.15) is 19.8 Å². The van der Waals surface area contributed by atoms with E-state index in [4.69, 9.17) is 16.3 Å². The molecule has 1 aliphatic rings. The van der Waals surface area contributed by atoms with Crippen molar-refractivity contribution in [3.05, 3.63) is 41.4 Å². The van der Waals surface area contributed by atoms with Crippen LogP contribution < -0.4 is 5.32 Å². The van der Waals surface area contributed by atoms with Gasteiger partial charge in [-0.05, 0) is 50.9 Å². The van der Waals surface area contributed by atoms with E-state index in [9.17, 15) is 0 Å². The van der Waals surface area contributed by atoms with E-state index in [1.54, 1.807) is 6.40 Å². The van der Waals surface area contributed by atoms with E-state index in [0.717, 1.165) is 34.6 Å². The van der Waals surface area contributed by atoms with Crippen molar-refractivity contribution >= 4 is 34.5 Å².